The minimum atomic E-state index is 0.228. The van der Waals surface area contributed by atoms with Crippen LogP contribution >= 0.6 is 0 Å². The minimum absolute atomic E-state index is 0.228. The van der Waals surface area contributed by atoms with E-state index in [0.29, 0.717) is 6.61 Å². The van der Waals surface area contributed by atoms with Crippen molar-refractivity contribution in [2.75, 3.05) is 33.6 Å². The average molecular weight is 263 g/mol. The van der Waals surface area contributed by atoms with Gasteiger partial charge in [0.15, 0.2) is 18.3 Å². The van der Waals surface area contributed by atoms with Crippen molar-refractivity contribution in [3.8, 4) is 11.5 Å². The fourth-order valence-corrected chi connectivity index (χ4v) is 2.10. The van der Waals surface area contributed by atoms with E-state index in [1.807, 2.05) is 19.1 Å². The zero-order chi connectivity index (χ0) is 13.5. The molecule has 19 heavy (non-hydrogen) atoms. The Kier molecular flexibility index (Phi) is 5.24. The van der Waals surface area contributed by atoms with Crippen molar-refractivity contribution in [3.05, 3.63) is 29.8 Å². The van der Waals surface area contributed by atoms with E-state index in [4.69, 9.17) is 14.2 Å². The average Bonchev–Trinajstić information content (AvgIpc) is 2.47. The van der Waals surface area contributed by atoms with Crippen LogP contribution in [0.5, 0.6) is 11.5 Å². The highest BCUT2D eigenvalue weighted by Crippen LogP contribution is 2.32. The summed E-state index contributed by atoms with van der Waals surface area (Å²) in [5.74, 6) is 1.50. The molecule has 0 bridgehead atoms. The molecule has 4 heteroatoms. The van der Waals surface area contributed by atoms with Crippen LogP contribution < -0.4 is 14.8 Å². The van der Waals surface area contributed by atoms with Gasteiger partial charge in [-0.25, -0.2) is 0 Å². The van der Waals surface area contributed by atoms with E-state index in [2.05, 4.69) is 17.5 Å². The third-order valence-electron chi connectivity index (χ3n) is 3.01. The largest absolute Gasteiger partial charge is 0.490 e. The van der Waals surface area contributed by atoms with Gasteiger partial charge in [-0.05, 0) is 43.2 Å². The first kappa shape index (κ1) is 13.9. The molecule has 1 aliphatic rings. The molecule has 1 aliphatic heterocycles. The molecule has 0 amide bonds. The van der Waals surface area contributed by atoms with Crippen molar-refractivity contribution < 1.29 is 14.2 Å². The van der Waals surface area contributed by atoms with Crippen LogP contribution in [-0.4, -0.2) is 33.6 Å². The fraction of sp³-hybridized carbons (Fsp3) is 0.467. The summed E-state index contributed by atoms with van der Waals surface area (Å²) >= 11 is 0. The number of rotatable bonds is 6. The predicted octanol–water partition coefficient (Wildman–Crippen LogP) is 2.44. The lowest BCUT2D eigenvalue weighted by molar-refractivity contribution is 0.0487. The smallest absolute Gasteiger partial charge is 0.188 e. The predicted molar refractivity (Wildman–Crippen MR) is 75.6 cm³/mol. The second-order valence-corrected chi connectivity index (χ2v) is 4.33. The number of nitrogens with one attached hydrogen (secondary N) is 1. The molecule has 104 valence electrons. The number of ether oxygens (including phenoxy) is 3. The summed E-state index contributed by atoms with van der Waals surface area (Å²) in [4.78, 5) is 0. The zero-order valence-electron chi connectivity index (χ0n) is 11.6. The lowest BCUT2D eigenvalue weighted by Gasteiger charge is -2.17. The SMILES string of the molecule is CCOc1cc(C2=CCNCC2)ccc1OCOC. The highest BCUT2D eigenvalue weighted by atomic mass is 16.7. The maximum Gasteiger partial charge on any atom is 0.188 e. The Morgan fingerprint density at radius 1 is 1.21 bits per heavy atom. The van der Waals surface area contributed by atoms with Gasteiger partial charge in [0.1, 0.15) is 0 Å². The number of hydrogen-bond acceptors (Lipinski definition) is 4. The standard InChI is InChI=1S/C15H21NO3/c1-3-18-15-10-13(12-6-8-16-9-7-12)4-5-14(15)19-11-17-2/h4-6,10,16H,3,7-9,11H2,1-2H3. The molecule has 1 heterocycles. The van der Waals surface area contributed by atoms with Gasteiger partial charge in [0, 0.05) is 13.7 Å². The van der Waals surface area contributed by atoms with E-state index in [1.165, 1.54) is 11.1 Å². The lowest BCUT2D eigenvalue weighted by Crippen LogP contribution is -2.20. The Labute approximate surface area is 114 Å². The molecule has 0 aromatic heterocycles. The van der Waals surface area contributed by atoms with Crippen LogP contribution in [-0.2, 0) is 4.74 Å². The van der Waals surface area contributed by atoms with Crippen LogP contribution in [0.25, 0.3) is 5.57 Å². The lowest BCUT2D eigenvalue weighted by atomic mass is 10.00. The summed E-state index contributed by atoms with van der Waals surface area (Å²) in [5.41, 5.74) is 2.56. The highest BCUT2D eigenvalue weighted by molar-refractivity contribution is 5.69. The summed E-state index contributed by atoms with van der Waals surface area (Å²) in [6.45, 7) is 4.77. The van der Waals surface area contributed by atoms with Crippen LogP contribution in [0.15, 0.2) is 24.3 Å². The molecule has 0 atom stereocenters. The van der Waals surface area contributed by atoms with Crippen molar-refractivity contribution in [1.29, 1.82) is 0 Å². The summed E-state index contributed by atoms with van der Waals surface area (Å²) in [7, 11) is 1.61. The van der Waals surface area contributed by atoms with E-state index in [-0.39, 0.29) is 6.79 Å². The van der Waals surface area contributed by atoms with Crippen molar-refractivity contribution in [3.63, 3.8) is 0 Å². The number of benzene rings is 1. The zero-order valence-corrected chi connectivity index (χ0v) is 11.6. The Bertz CT molecular complexity index is 443. The molecule has 0 fully saturated rings. The molecule has 0 saturated heterocycles. The van der Waals surface area contributed by atoms with Gasteiger partial charge < -0.3 is 19.5 Å². The molecule has 2 rings (SSSR count). The van der Waals surface area contributed by atoms with Gasteiger partial charge in [-0.1, -0.05) is 12.1 Å². The van der Waals surface area contributed by atoms with Gasteiger partial charge in [0.05, 0.1) is 6.61 Å². The Hall–Kier alpha value is -1.52. The minimum Gasteiger partial charge on any atom is -0.490 e. The molecule has 0 aliphatic carbocycles. The maximum absolute atomic E-state index is 5.64. The summed E-state index contributed by atoms with van der Waals surface area (Å²) in [5, 5.41) is 3.31. The van der Waals surface area contributed by atoms with Gasteiger partial charge in [-0.3, -0.25) is 0 Å². The van der Waals surface area contributed by atoms with E-state index in [9.17, 15) is 0 Å². The Balaban J connectivity index is 2.21. The normalized spacial score (nSPS) is 14.9. The Morgan fingerprint density at radius 2 is 2.11 bits per heavy atom. The molecule has 1 N–H and O–H groups in total. The Morgan fingerprint density at radius 3 is 2.79 bits per heavy atom. The van der Waals surface area contributed by atoms with E-state index in [1.54, 1.807) is 7.11 Å². The van der Waals surface area contributed by atoms with Crippen LogP contribution in [0.2, 0.25) is 0 Å². The fourth-order valence-electron chi connectivity index (χ4n) is 2.10. The first-order chi connectivity index (χ1) is 9.35. The van der Waals surface area contributed by atoms with Crippen LogP contribution in [0.3, 0.4) is 0 Å². The first-order valence-electron chi connectivity index (χ1n) is 6.64. The van der Waals surface area contributed by atoms with E-state index < -0.39 is 0 Å². The highest BCUT2D eigenvalue weighted by Gasteiger charge is 2.10. The van der Waals surface area contributed by atoms with Gasteiger partial charge >= 0.3 is 0 Å². The monoisotopic (exact) mass is 263 g/mol. The van der Waals surface area contributed by atoms with Gasteiger partial charge in [0.25, 0.3) is 0 Å². The van der Waals surface area contributed by atoms with Crippen molar-refractivity contribution >= 4 is 5.57 Å². The molecule has 1 aromatic carbocycles. The second kappa shape index (κ2) is 7.16. The van der Waals surface area contributed by atoms with Crippen LogP contribution in [0.4, 0.5) is 0 Å². The first-order valence-corrected chi connectivity index (χ1v) is 6.64. The van der Waals surface area contributed by atoms with E-state index >= 15 is 0 Å². The van der Waals surface area contributed by atoms with Crippen molar-refractivity contribution in [2.24, 2.45) is 0 Å². The topological polar surface area (TPSA) is 39.7 Å². The molecular formula is C15H21NO3. The summed E-state index contributed by atoms with van der Waals surface area (Å²) in [6.07, 6.45) is 3.27. The third-order valence-corrected chi connectivity index (χ3v) is 3.01. The van der Waals surface area contributed by atoms with Crippen LogP contribution in [0, 0.1) is 0 Å². The van der Waals surface area contributed by atoms with Crippen molar-refractivity contribution in [1.82, 2.24) is 5.32 Å². The maximum atomic E-state index is 5.64. The second-order valence-electron chi connectivity index (χ2n) is 4.33. The molecule has 0 saturated carbocycles. The van der Waals surface area contributed by atoms with E-state index in [0.717, 1.165) is 31.0 Å². The van der Waals surface area contributed by atoms with Crippen LogP contribution in [0.1, 0.15) is 18.9 Å². The number of methoxy groups -OCH3 is 1. The number of hydrogen-bond donors (Lipinski definition) is 1. The van der Waals surface area contributed by atoms with Crippen molar-refractivity contribution in [2.45, 2.75) is 13.3 Å². The summed E-state index contributed by atoms with van der Waals surface area (Å²) in [6, 6.07) is 6.07. The molecule has 4 nitrogen and oxygen atoms in total. The quantitative estimate of drug-likeness (QED) is 0.800. The molecular weight excluding hydrogens is 242 g/mol. The molecule has 1 aromatic rings. The third kappa shape index (κ3) is 3.72. The molecule has 0 spiro atoms. The van der Waals surface area contributed by atoms with Gasteiger partial charge in [-0.15, -0.1) is 0 Å². The van der Waals surface area contributed by atoms with Gasteiger partial charge in [-0.2, -0.15) is 0 Å². The molecule has 0 unspecified atom stereocenters. The van der Waals surface area contributed by atoms with Gasteiger partial charge in [0.2, 0.25) is 0 Å². The molecule has 0 radical (unpaired) electrons. The summed E-state index contributed by atoms with van der Waals surface area (Å²) < 4.78 is 16.1.